The molecule has 5 heteroatoms. The van der Waals surface area contributed by atoms with E-state index in [-0.39, 0.29) is 6.03 Å². The van der Waals surface area contributed by atoms with Gasteiger partial charge < -0.3 is 20.1 Å². The van der Waals surface area contributed by atoms with E-state index < -0.39 is 0 Å². The Labute approximate surface area is 135 Å². The van der Waals surface area contributed by atoms with Gasteiger partial charge in [-0.2, -0.15) is 0 Å². The van der Waals surface area contributed by atoms with Crippen LogP contribution in [0.15, 0.2) is 54.7 Å². The van der Waals surface area contributed by atoms with Crippen molar-refractivity contribution < 1.29 is 14.3 Å². The van der Waals surface area contributed by atoms with Crippen LogP contribution in [0, 0.1) is 0 Å². The van der Waals surface area contributed by atoms with Crippen LogP contribution in [0.2, 0.25) is 0 Å². The van der Waals surface area contributed by atoms with Gasteiger partial charge >= 0.3 is 6.03 Å². The van der Waals surface area contributed by atoms with Crippen LogP contribution >= 0.6 is 0 Å². The van der Waals surface area contributed by atoms with E-state index >= 15 is 0 Å². The molecule has 120 valence electrons. The van der Waals surface area contributed by atoms with Crippen molar-refractivity contribution in [3.63, 3.8) is 0 Å². The summed E-state index contributed by atoms with van der Waals surface area (Å²) in [5.41, 5.74) is 1.66. The van der Waals surface area contributed by atoms with E-state index in [1.807, 2.05) is 43.3 Å². The highest BCUT2D eigenvalue weighted by Gasteiger charge is 1.99. The first-order valence-electron chi connectivity index (χ1n) is 7.32. The maximum absolute atomic E-state index is 11.8. The van der Waals surface area contributed by atoms with Crippen LogP contribution in [0.1, 0.15) is 12.5 Å². The minimum Gasteiger partial charge on any atom is -0.497 e. The van der Waals surface area contributed by atoms with E-state index in [0.717, 1.165) is 17.1 Å². The molecule has 0 aromatic heterocycles. The van der Waals surface area contributed by atoms with Gasteiger partial charge in [-0.1, -0.05) is 12.1 Å². The third kappa shape index (κ3) is 5.39. The molecular formula is C18H20N2O3. The van der Waals surface area contributed by atoms with E-state index in [0.29, 0.717) is 12.3 Å². The monoisotopic (exact) mass is 312 g/mol. The summed E-state index contributed by atoms with van der Waals surface area (Å²) in [5.74, 6) is 1.57. The number of ether oxygens (including phenoxy) is 2. The zero-order valence-electron chi connectivity index (χ0n) is 13.2. The van der Waals surface area contributed by atoms with Crippen LogP contribution in [-0.4, -0.2) is 19.7 Å². The van der Waals surface area contributed by atoms with Gasteiger partial charge in [0.15, 0.2) is 0 Å². The number of urea groups is 1. The summed E-state index contributed by atoms with van der Waals surface area (Å²) >= 11 is 0. The first-order valence-corrected chi connectivity index (χ1v) is 7.32. The molecular weight excluding hydrogens is 292 g/mol. The summed E-state index contributed by atoms with van der Waals surface area (Å²) in [5, 5.41) is 5.39. The molecule has 0 fully saturated rings. The van der Waals surface area contributed by atoms with Gasteiger partial charge in [-0.15, -0.1) is 0 Å². The maximum atomic E-state index is 11.8. The topological polar surface area (TPSA) is 59.6 Å². The average Bonchev–Trinajstić information content (AvgIpc) is 2.57. The van der Waals surface area contributed by atoms with E-state index in [4.69, 9.17) is 9.47 Å². The van der Waals surface area contributed by atoms with Gasteiger partial charge in [0.1, 0.15) is 11.5 Å². The maximum Gasteiger partial charge on any atom is 0.323 e. The van der Waals surface area contributed by atoms with E-state index in [9.17, 15) is 4.79 Å². The molecule has 0 aliphatic rings. The van der Waals surface area contributed by atoms with Crippen LogP contribution in [0.3, 0.4) is 0 Å². The van der Waals surface area contributed by atoms with Gasteiger partial charge in [-0.3, -0.25) is 0 Å². The minimum atomic E-state index is -0.307. The van der Waals surface area contributed by atoms with Crippen molar-refractivity contribution in [3.8, 4) is 11.5 Å². The zero-order chi connectivity index (χ0) is 16.5. The number of benzene rings is 2. The molecule has 5 nitrogen and oxygen atoms in total. The second kappa shape index (κ2) is 8.48. The number of carbonyl (C=O) groups is 1. The highest BCUT2D eigenvalue weighted by atomic mass is 16.5. The van der Waals surface area contributed by atoms with Crippen molar-refractivity contribution in [2.45, 2.75) is 6.92 Å². The van der Waals surface area contributed by atoms with Crippen LogP contribution in [-0.2, 0) is 0 Å². The molecule has 2 aromatic rings. The predicted octanol–water partition coefficient (Wildman–Crippen LogP) is 3.89. The lowest BCUT2D eigenvalue weighted by Gasteiger charge is -2.06. The van der Waals surface area contributed by atoms with Crippen LogP contribution in [0.25, 0.3) is 6.08 Å². The normalized spacial score (nSPS) is 10.3. The lowest BCUT2D eigenvalue weighted by atomic mass is 10.2. The SMILES string of the molecule is CCOc1ccc(NC(=O)N/C=C/c2ccc(OC)cc2)cc1. The second-order valence-corrected chi connectivity index (χ2v) is 4.66. The molecule has 0 aliphatic carbocycles. The molecule has 23 heavy (non-hydrogen) atoms. The second-order valence-electron chi connectivity index (χ2n) is 4.66. The fourth-order valence-corrected chi connectivity index (χ4v) is 1.90. The number of nitrogens with one attached hydrogen (secondary N) is 2. The van der Waals surface area contributed by atoms with Gasteiger partial charge in [0.25, 0.3) is 0 Å². The van der Waals surface area contributed by atoms with E-state index in [1.54, 1.807) is 31.5 Å². The van der Waals surface area contributed by atoms with Crippen molar-refractivity contribution in [2.75, 3.05) is 19.0 Å². The fraction of sp³-hybridized carbons (Fsp3) is 0.167. The Morgan fingerprint density at radius 2 is 1.70 bits per heavy atom. The summed E-state index contributed by atoms with van der Waals surface area (Å²) in [6.45, 7) is 2.54. The Morgan fingerprint density at radius 3 is 2.30 bits per heavy atom. The lowest BCUT2D eigenvalue weighted by Crippen LogP contribution is -2.23. The van der Waals surface area contributed by atoms with Crippen molar-refractivity contribution in [1.29, 1.82) is 0 Å². The molecule has 0 heterocycles. The molecule has 2 N–H and O–H groups in total. The summed E-state index contributed by atoms with van der Waals surface area (Å²) in [6, 6.07) is 14.4. The van der Waals surface area contributed by atoms with Gasteiger partial charge in [-0.05, 0) is 55.0 Å². The molecule has 0 unspecified atom stereocenters. The molecule has 2 amide bonds. The number of methoxy groups -OCH3 is 1. The van der Waals surface area contributed by atoms with Crippen LogP contribution in [0.5, 0.6) is 11.5 Å². The molecule has 0 bridgehead atoms. The summed E-state index contributed by atoms with van der Waals surface area (Å²) in [4.78, 5) is 11.8. The number of carbonyl (C=O) groups excluding carboxylic acids is 1. The van der Waals surface area contributed by atoms with E-state index in [2.05, 4.69) is 10.6 Å². The number of hydrogen-bond acceptors (Lipinski definition) is 3. The Morgan fingerprint density at radius 1 is 1.04 bits per heavy atom. The Bertz CT molecular complexity index is 649. The molecule has 2 aromatic carbocycles. The van der Waals surface area contributed by atoms with Crippen molar-refractivity contribution in [2.24, 2.45) is 0 Å². The molecule has 0 aliphatic heterocycles. The Hall–Kier alpha value is -2.95. The van der Waals surface area contributed by atoms with Gasteiger partial charge in [0, 0.05) is 11.9 Å². The number of amides is 2. The molecule has 0 saturated heterocycles. The van der Waals surface area contributed by atoms with Gasteiger partial charge in [0.2, 0.25) is 0 Å². The van der Waals surface area contributed by atoms with Crippen LogP contribution < -0.4 is 20.1 Å². The number of rotatable bonds is 6. The first kappa shape index (κ1) is 16.4. The zero-order valence-corrected chi connectivity index (χ0v) is 13.2. The molecule has 0 saturated carbocycles. The summed E-state index contributed by atoms with van der Waals surface area (Å²) in [7, 11) is 1.62. The van der Waals surface area contributed by atoms with Crippen molar-refractivity contribution >= 4 is 17.8 Å². The van der Waals surface area contributed by atoms with E-state index in [1.165, 1.54) is 0 Å². The Kier molecular flexibility index (Phi) is 6.06. The smallest absolute Gasteiger partial charge is 0.323 e. The van der Waals surface area contributed by atoms with Gasteiger partial charge in [-0.25, -0.2) is 4.79 Å². The molecule has 0 spiro atoms. The standard InChI is InChI=1S/C18H20N2O3/c1-3-23-17-10-6-15(7-11-17)20-18(21)19-13-12-14-4-8-16(22-2)9-5-14/h4-13H,3H2,1-2H3,(H2,19,20,21)/b13-12+. The predicted molar refractivity (Wildman–Crippen MR) is 91.8 cm³/mol. The quantitative estimate of drug-likeness (QED) is 0.851. The largest absolute Gasteiger partial charge is 0.497 e. The fourth-order valence-electron chi connectivity index (χ4n) is 1.90. The Balaban J connectivity index is 1.82. The first-order chi connectivity index (χ1) is 11.2. The molecule has 0 radical (unpaired) electrons. The number of hydrogen-bond donors (Lipinski definition) is 2. The average molecular weight is 312 g/mol. The molecule has 2 rings (SSSR count). The third-order valence-electron chi connectivity index (χ3n) is 3.03. The highest BCUT2D eigenvalue weighted by Crippen LogP contribution is 2.15. The lowest BCUT2D eigenvalue weighted by molar-refractivity contribution is 0.255. The third-order valence-corrected chi connectivity index (χ3v) is 3.03. The van der Waals surface area contributed by atoms with Gasteiger partial charge in [0.05, 0.1) is 13.7 Å². The summed E-state index contributed by atoms with van der Waals surface area (Å²) < 4.78 is 10.4. The molecule has 0 atom stereocenters. The minimum absolute atomic E-state index is 0.307. The summed E-state index contributed by atoms with van der Waals surface area (Å²) in [6.07, 6.45) is 3.39. The van der Waals surface area contributed by atoms with Crippen LogP contribution in [0.4, 0.5) is 10.5 Å². The van der Waals surface area contributed by atoms with Crippen molar-refractivity contribution in [3.05, 3.63) is 60.3 Å². The highest BCUT2D eigenvalue weighted by molar-refractivity contribution is 5.90. The number of anilines is 1. The van der Waals surface area contributed by atoms with Crippen molar-refractivity contribution in [1.82, 2.24) is 5.32 Å².